The highest BCUT2D eigenvalue weighted by Crippen LogP contribution is 2.43. The third-order valence-electron chi connectivity index (χ3n) is 11.4. The summed E-state index contributed by atoms with van der Waals surface area (Å²) in [5.41, 5.74) is 5.36. The van der Waals surface area contributed by atoms with Crippen LogP contribution in [0, 0.1) is 0 Å². The van der Waals surface area contributed by atoms with Gasteiger partial charge in [0.1, 0.15) is 6.61 Å². The van der Waals surface area contributed by atoms with Crippen molar-refractivity contribution in [2.24, 2.45) is 5.73 Å². The lowest BCUT2D eigenvalue weighted by atomic mass is 10.0. The summed E-state index contributed by atoms with van der Waals surface area (Å²) in [4.78, 5) is 35.0. The van der Waals surface area contributed by atoms with Crippen molar-refractivity contribution in [3.63, 3.8) is 0 Å². The SMILES string of the molecule is CCCC/C=C\C/C=C\CCCCCCCC(=O)OCC(COP(=O)(O)OCCN)OC(=O)CCCCCCCCCCCCCCCCCCC/C=C\C/C=C\CCCCCCC. The molecule has 0 amide bonds. The molecule has 0 spiro atoms. The van der Waals surface area contributed by atoms with Gasteiger partial charge in [-0.05, 0) is 70.6 Å². The number of hydrogen-bond donors (Lipinski definition) is 2. The van der Waals surface area contributed by atoms with Crippen molar-refractivity contribution < 1.29 is 37.6 Å². The molecule has 0 saturated carbocycles. The molecule has 0 aromatic rings. The molecule has 0 radical (unpaired) electrons. The van der Waals surface area contributed by atoms with Crippen LogP contribution in [0.2, 0.25) is 0 Å². The molecule has 0 aliphatic heterocycles. The number of carbonyl (C=O) groups is 2. The standard InChI is InChI=1S/C54H100NO8P/c1-3-5-7-9-11-13-15-17-19-20-21-22-23-24-25-26-27-28-29-30-31-32-33-35-37-39-41-43-45-47-54(57)63-52(51-62-64(58,59)61-49-48-55)50-60-53(56)46-44-42-40-38-36-34-18-16-14-12-10-8-6-4-2/h10,12,15-18,20-21,52H,3-9,11,13-14,19,22-51,55H2,1-2H3,(H,58,59)/b12-10-,17-15-,18-16-,21-20-. The summed E-state index contributed by atoms with van der Waals surface area (Å²) in [6.07, 6.45) is 60.2. The average Bonchev–Trinajstić information content (AvgIpc) is 3.28. The van der Waals surface area contributed by atoms with Crippen LogP contribution in [0.4, 0.5) is 0 Å². The number of phosphoric acid groups is 1. The smallest absolute Gasteiger partial charge is 0.462 e. The van der Waals surface area contributed by atoms with E-state index in [4.69, 9.17) is 24.3 Å². The fourth-order valence-corrected chi connectivity index (χ4v) is 8.21. The van der Waals surface area contributed by atoms with Gasteiger partial charge in [0.25, 0.3) is 0 Å². The number of unbranched alkanes of at least 4 members (excludes halogenated alkanes) is 29. The van der Waals surface area contributed by atoms with Crippen LogP contribution in [-0.4, -0.2) is 49.3 Å². The van der Waals surface area contributed by atoms with Crippen LogP contribution in [0.15, 0.2) is 48.6 Å². The zero-order valence-corrected chi connectivity index (χ0v) is 42.4. The molecule has 0 rings (SSSR count). The van der Waals surface area contributed by atoms with Gasteiger partial charge in [0.2, 0.25) is 0 Å². The quantitative estimate of drug-likeness (QED) is 0.0265. The van der Waals surface area contributed by atoms with E-state index in [0.29, 0.717) is 12.8 Å². The third-order valence-corrected chi connectivity index (χ3v) is 12.4. The van der Waals surface area contributed by atoms with Crippen molar-refractivity contribution in [1.29, 1.82) is 0 Å². The molecule has 0 saturated heterocycles. The van der Waals surface area contributed by atoms with Crippen molar-refractivity contribution in [3.8, 4) is 0 Å². The Labute approximate surface area is 394 Å². The molecule has 2 atom stereocenters. The van der Waals surface area contributed by atoms with Crippen LogP contribution in [0.5, 0.6) is 0 Å². The minimum Gasteiger partial charge on any atom is -0.462 e. The van der Waals surface area contributed by atoms with Gasteiger partial charge in [-0.2, -0.15) is 0 Å². The maximum atomic E-state index is 12.7. The Kier molecular flexibility index (Phi) is 48.8. The molecular formula is C54H100NO8P. The topological polar surface area (TPSA) is 134 Å². The second kappa shape index (κ2) is 50.4. The fourth-order valence-electron chi connectivity index (χ4n) is 7.45. The van der Waals surface area contributed by atoms with E-state index in [1.807, 2.05) is 0 Å². The van der Waals surface area contributed by atoms with E-state index in [-0.39, 0.29) is 32.6 Å². The van der Waals surface area contributed by atoms with E-state index in [1.54, 1.807) is 0 Å². The summed E-state index contributed by atoms with van der Waals surface area (Å²) in [6.45, 7) is 3.69. The van der Waals surface area contributed by atoms with Crippen LogP contribution in [-0.2, 0) is 32.7 Å². The number of hydrogen-bond acceptors (Lipinski definition) is 8. The molecule has 0 fully saturated rings. The van der Waals surface area contributed by atoms with E-state index in [9.17, 15) is 19.0 Å². The van der Waals surface area contributed by atoms with Gasteiger partial charge < -0.3 is 20.1 Å². The second-order valence-electron chi connectivity index (χ2n) is 17.7. The summed E-state index contributed by atoms with van der Waals surface area (Å²) in [7, 11) is -4.38. The predicted molar refractivity (Wildman–Crippen MR) is 270 cm³/mol. The first-order valence-electron chi connectivity index (χ1n) is 26.6. The second-order valence-corrected chi connectivity index (χ2v) is 19.2. The molecule has 374 valence electrons. The zero-order chi connectivity index (χ0) is 46.7. The fraction of sp³-hybridized carbons (Fsp3) is 0.815. The normalized spacial score (nSPS) is 13.5. The van der Waals surface area contributed by atoms with Crippen LogP contribution in [0.25, 0.3) is 0 Å². The Morgan fingerprint density at radius 3 is 1.23 bits per heavy atom. The first-order chi connectivity index (χ1) is 31.3. The number of esters is 2. The zero-order valence-electron chi connectivity index (χ0n) is 41.5. The van der Waals surface area contributed by atoms with E-state index in [2.05, 4.69) is 62.5 Å². The minimum atomic E-state index is -4.38. The first-order valence-corrected chi connectivity index (χ1v) is 28.1. The molecule has 0 heterocycles. The van der Waals surface area contributed by atoms with E-state index in [0.717, 1.165) is 70.6 Å². The lowest BCUT2D eigenvalue weighted by molar-refractivity contribution is -0.161. The molecule has 0 aliphatic rings. The number of rotatable bonds is 50. The molecule has 0 aromatic heterocycles. The summed E-state index contributed by atoms with van der Waals surface area (Å²) in [5, 5.41) is 0. The number of phosphoric ester groups is 1. The van der Waals surface area contributed by atoms with Crippen LogP contribution >= 0.6 is 7.82 Å². The molecule has 3 N–H and O–H groups in total. The Balaban J connectivity index is 3.93. The highest BCUT2D eigenvalue weighted by Gasteiger charge is 2.26. The van der Waals surface area contributed by atoms with Crippen LogP contribution in [0.3, 0.4) is 0 Å². The summed E-state index contributed by atoms with van der Waals surface area (Å²) >= 11 is 0. The number of allylic oxidation sites excluding steroid dienone is 8. The predicted octanol–water partition coefficient (Wildman–Crippen LogP) is 16.2. The molecule has 0 bridgehead atoms. The summed E-state index contributed by atoms with van der Waals surface area (Å²) < 4.78 is 32.9. The Hall–Kier alpha value is -2.03. The lowest BCUT2D eigenvalue weighted by Crippen LogP contribution is -2.29. The van der Waals surface area contributed by atoms with Crippen molar-refractivity contribution in [3.05, 3.63) is 48.6 Å². The lowest BCUT2D eigenvalue weighted by Gasteiger charge is -2.19. The van der Waals surface area contributed by atoms with Gasteiger partial charge >= 0.3 is 19.8 Å². The van der Waals surface area contributed by atoms with Crippen molar-refractivity contribution >= 4 is 19.8 Å². The van der Waals surface area contributed by atoms with E-state index < -0.39 is 32.5 Å². The Morgan fingerprint density at radius 1 is 0.469 bits per heavy atom. The molecule has 0 aliphatic carbocycles. The highest BCUT2D eigenvalue weighted by atomic mass is 31.2. The van der Waals surface area contributed by atoms with Gasteiger partial charge in [0.05, 0.1) is 13.2 Å². The van der Waals surface area contributed by atoms with Gasteiger partial charge in [-0.15, -0.1) is 0 Å². The monoisotopic (exact) mass is 922 g/mol. The molecule has 64 heavy (non-hydrogen) atoms. The van der Waals surface area contributed by atoms with Crippen molar-refractivity contribution in [2.45, 2.75) is 258 Å². The van der Waals surface area contributed by atoms with Gasteiger partial charge in [0.15, 0.2) is 6.10 Å². The molecule has 0 aromatic carbocycles. The third kappa shape index (κ3) is 49.4. The van der Waals surface area contributed by atoms with E-state index in [1.165, 1.54) is 141 Å². The first kappa shape index (κ1) is 62.0. The number of nitrogens with two attached hydrogens (primary N) is 1. The maximum Gasteiger partial charge on any atom is 0.472 e. The van der Waals surface area contributed by atoms with E-state index >= 15 is 0 Å². The Bertz CT molecular complexity index is 1190. The largest absolute Gasteiger partial charge is 0.472 e. The van der Waals surface area contributed by atoms with Gasteiger partial charge in [-0.3, -0.25) is 18.6 Å². The maximum absolute atomic E-state index is 12.7. The molecule has 2 unspecified atom stereocenters. The van der Waals surface area contributed by atoms with Gasteiger partial charge in [-0.25, -0.2) is 4.57 Å². The summed E-state index contributed by atoms with van der Waals surface area (Å²) in [5.74, 6) is -0.838. The highest BCUT2D eigenvalue weighted by molar-refractivity contribution is 7.47. The van der Waals surface area contributed by atoms with Crippen molar-refractivity contribution in [1.82, 2.24) is 0 Å². The molecule has 10 heteroatoms. The number of carbonyl (C=O) groups excluding carboxylic acids is 2. The molecular weight excluding hydrogens is 822 g/mol. The summed E-state index contributed by atoms with van der Waals surface area (Å²) in [6, 6.07) is 0. The Morgan fingerprint density at radius 2 is 0.828 bits per heavy atom. The van der Waals surface area contributed by atoms with Gasteiger partial charge in [-0.1, -0.05) is 217 Å². The molecule has 9 nitrogen and oxygen atoms in total. The van der Waals surface area contributed by atoms with Crippen molar-refractivity contribution in [2.75, 3.05) is 26.4 Å². The van der Waals surface area contributed by atoms with Crippen LogP contribution in [0.1, 0.15) is 251 Å². The van der Waals surface area contributed by atoms with Gasteiger partial charge in [0, 0.05) is 19.4 Å². The average molecular weight is 922 g/mol. The van der Waals surface area contributed by atoms with Crippen LogP contribution < -0.4 is 5.73 Å². The minimum absolute atomic E-state index is 0.0512. The number of ether oxygens (including phenoxy) is 2.